The molecule has 0 unspecified atom stereocenters. The Bertz CT molecular complexity index is 792. The van der Waals surface area contributed by atoms with Crippen LogP contribution in [0.5, 0.6) is 0 Å². The first kappa shape index (κ1) is 15.8. The van der Waals surface area contributed by atoms with Crippen LogP contribution in [-0.4, -0.2) is 17.9 Å². The van der Waals surface area contributed by atoms with Crippen LogP contribution in [0.4, 0.5) is 11.4 Å². The summed E-state index contributed by atoms with van der Waals surface area (Å²) in [6.07, 6.45) is 0.0790. The van der Waals surface area contributed by atoms with Crippen LogP contribution < -0.4 is 10.2 Å². The molecule has 0 bridgehead atoms. The highest BCUT2D eigenvalue weighted by Gasteiger charge is 2.40. The van der Waals surface area contributed by atoms with Crippen molar-refractivity contribution in [1.82, 2.24) is 0 Å². The minimum Gasteiger partial charge on any atom is -0.373 e. The number of aryl methyl sites for hydroxylation is 1. The van der Waals surface area contributed by atoms with Gasteiger partial charge in [0.25, 0.3) is 5.91 Å². The van der Waals surface area contributed by atoms with Crippen LogP contribution in [0, 0.1) is 6.92 Å². The molecule has 0 saturated carbocycles. The first-order chi connectivity index (χ1) is 11.0. The summed E-state index contributed by atoms with van der Waals surface area (Å²) < 4.78 is 0. The van der Waals surface area contributed by atoms with E-state index in [1.165, 1.54) is 0 Å². The van der Waals surface area contributed by atoms with E-state index in [1.54, 1.807) is 18.2 Å². The maximum atomic E-state index is 12.6. The van der Waals surface area contributed by atoms with Crippen LogP contribution in [0.15, 0.2) is 42.5 Å². The number of amides is 2. The molecule has 4 nitrogen and oxygen atoms in total. The molecule has 2 amide bonds. The van der Waals surface area contributed by atoms with Crippen molar-refractivity contribution < 1.29 is 9.59 Å². The Hall–Kier alpha value is -2.04. The van der Waals surface area contributed by atoms with Gasteiger partial charge in [0.05, 0.1) is 22.2 Å². The lowest BCUT2D eigenvalue weighted by Crippen LogP contribution is -2.35. The molecule has 1 atom stereocenters. The molecule has 0 aromatic heterocycles. The fraction of sp³-hybridized carbons (Fsp3) is 0.176. The molecule has 2 aromatic rings. The van der Waals surface area contributed by atoms with Gasteiger partial charge >= 0.3 is 0 Å². The molecule has 0 spiro atoms. The van der Waals surface area contributed by atoms with Gasteiger partial charge in [0, 0.05) is 5.69 Å². The number of imide groups is 1. The number of hydrogen-bond acceptors (Lipinski definition) is 3. The lowest BCUT2D eigenvalue weighted by atomic mass is 10.2. The van der Waals surface area contributed by atoms with Crippen LogP contribution in [0.1, 0.15) is 12.0 Å². The molecule has 2 aromatic carbocycles. The number of hydrogen-bond donors (Lipinski definition) is 1. The van der Waals surface area contributed by atoms with Gasteiger partial charge in [-0.3, -0.25) is 9.59 Å². The fourth-order valence-corrected chi connectivity index (χ4v) is 2.98. The maximum Gasteiger partial charge on any atom is 0.256 e. The van der Waals surface area contributed by atoms with Crippen molar-refractivity contribution in [2.75, 3.05) is 10.2 Å². The SMILES string of the molecule is Cc1cccc(N[C@H]2CC(=O)N(c3cccc(Cl)c3Cl)C2=O)c1. The predicted molar refractivity (Wildman–Crippen MR) is 92.2 cm³/mol. The Morgan fingerprint density at radius 1 is 1.13 bits per heavy atom. The zero-order chi connectivity index (χ0) is 16.6. The fourth-order valence-electron chi connectivity index (χ4n) is 2.60. The average molecular weight is 349 g/mol. The van der Waals surface area contributed by atoms with Crippen molar-refractivity contribution in [2.45, 2.75) is 19.4 Å². The van der Waals surface area contributed by atoms with Gasteiger partial charge in [-0.15, -0.1) is 0 Å². The van der Waals surface area contributed by atoms with Gasteiger partial charge in [-0.1, -0.05) is 41.4 Å². The maximum absolute atomic E-state index is 12.6. The quantitative estimate of drug-likeness (QED) is 0.851. The van der Waals surface area contributed by atoms with Crippen molar-refractivity contribution in [3.05, 3.63) is 58.1 Å². The molecular formula is C17H14Cl2N2O2. The number of nitrogens with one attached hydrogen (secondary N) is 1. The molecule has 1 N–H and O–H groups in total. The van der Waals surface area contributed by atoms with Crippen LogP contribution in [0.3, 0.4) is 0 Å². The zero-order valence-corrected chi connectivity index (χ0v) is 13.9. The molecule has 1 heterocycles. The monoisotopic (exact) mass is 348 g/mol. The topological polar surface area (TPSA) is 49.4 Å². The molecule has 0 radical (unpaired) electrons. The summed E-state index contributed by atoms with van der Waals surface area (Å²) in [6.45, 7) is 1.96. The van der Waals surface area contributed by atoms with Crippen LogP contribution in [0.25, 0.3) is 0 Å². The average Bonchev–Trinajstić information content (AvgIpc) is 2.77. The van der Waals surface area contributed by atoms with Gasteiger partial charge in [0.15, 0.2) is 0 Å². The molecule has 0 aliphatic carbocycles. The molecule has 23 heavy (non-hydrogen) atoms. The first-order valence-corrected chi connectivity index (χ1v) is 7.87. The number of rotatable bonds is 3. The first-order valence-electron chi connectivity index (χ1n) is 7.11. The lowest BCUT2D eigenvalue weighted by molar-refractivity contribution is -0.121. The van der Waals surface area contributed by atoms with Gasteiger partial charge in [0.2, 0.25) is 5.91 Å². The Kier molecular flexibility index (Phi) is 4.28. The van der Waals surface area contributed by atoms with Crippen molar-refractivity contribution in [2.24, 2.45) is 0 Å². The van der Waals surface area contributed by atoms with Gasteiger partial charge in [-0.25, -0.2) is 4.90 Å². The summed E-state index contributed by atoms with van der Waals surface area (Å²) in [5.74, 6) is -0.634. The summed E-state index contributed by atoms with van der Waals surface area (Å²) in [4.78, 5) is 26.0. The zero-order valence-electron chi connectivity index (χ0n) is 12.3. The normalized spacial score (nSPS) is 17.7. The van der Waals surface area contributed by atoms with E-state index in [-0.39, 0.29) is 23.3 Å². The van der Waals surface area contributed by atoms with Crippen LogP contribution in [0.2, 0.25) is 10.0 Å². The summed E-state index contributed by atoms with van der Waals surface area (Å²) in [7, 11) is 0. The molecule has 118 valence electrons. The summed E-state index contributed by atoms with van der Waals surface area (Å²) in [6, 6.07) is 11.9. The predicted octanol–water partition coefficient (Wildman–Crippen LogP) is 4.05. The number of anilines is 2. The largest absolute Gasteiger partial charge is 0.373 e. The van der Waals surface area contributed by atoms with Gasteiger partial charge in [0.1, 0.15) is 6.04 Å². The van der Waals surface area contributed by atoms with E-state index in [0.29, 0.717) is 10.7 Å². The van der Waals surface area contributed by atoms with Gasteiger partial charge in [-0.05, 0) is 36.8 Å². The van der Waals surface area contributed by atoms with E-state index in [4.69, 9.17) is 23.2 Å². The number of halogens is 2. The summed E-state index contributed by atoms with van der Waals surface area (Å²) >= 11 is 12.1. The van der Waals surface area contributed by atoms with E-state index < -0.39 is 6.04 Å². The molecule has 1 aliphatic heterocycles. The highest BCUT2D eigenvalue weighted by molar-refractivity contribution is 6.45. The molecule has 1 fully saturated rings. The number of benzene rings is 2. The smallest absolute Gasteiger partial charge is 0.256 e. The second-order valence-corrected chi connectivity index (χ2v) is 6.20. The number of carbonyl (C=O) groups excluding carboxylic acids is 2. The lowest BCUT2D eigenvalue weighted by Gasteiger charge is -2.18. The van der Waals surface area contributed by atoms with E-state index in [1.807, 2.05) is 31.2 Å². The second kappa shape index (κ2) is 6.22. The molecule has 3 rings (SSSR count). The standard InChI is InChI=1S/C17H14Cl2N2O2/c1-10-4-2-5-11(8-10)20-13-9-15(22)21(17(13)23)14-7-3-6-12(18)16(14)19/h2-8,13,20H,9H2,1H3/t13-/m0/s1. The molecule has 6 heteroatoms. The third-order valence-electron chi connectivity index (χ3n) is 3.68. The Labute approximate surface area is 144 Å². The minimum absolute atomic E-state index is 0.0790. The molecule has 1 aliphatic rings. The Balaban J connectivity index is 1.87. The number of carbonyl (C=O) groups is 2. The summed E-state index contributed by atoms with van der Waals surface area (Å²) in [5, 5.41) is 3.61. The van der Waals surface area contributed by atoms with Gasteiger partial charge in [-0.2, -0.15) is 0 Å². The third kappa shape index (κ3) is 3.05. The van der Waals surface area contributed by atoms with Crippen molar-refractivity contribution in [3.63, 3.8) is 0 Å². The van der Waals surface area contributed by atoms with Gasteiger partial charge < -0.3 is 5.32 Å². The number of nitrogens with zero attached hydrogens (tertiary/aromatic N) is 1. The minimum atomic E-state index is -0.612. The molecular weight excluding hydrogens is 335 g/mol. The highest BCUT2D eigenvalue weighted by atomic mass is 35.5. The van der Waals surface area contributed by atoms with Crippen molar-refractivity contribution >= 4 is 46.4 Å². The Morgan fingerprint density at radius 3 is 2.61 bits per heavy atom. The Morgan fingerprint density at radius 2 is 1.87 bits per heavy atom. The molecule has 1 saturated heterocycles. The van der Waals surface area contributed by atoms with E-state index in [2.05, 4.69) is 5.32 Å². The summed E-state index contributed by atoms with van der Waals surface area (Å²) in [5.41, 5.74) is 2.19. The van der Waals surface area contributed by atoms with E-state index >= 15 is 0 Å². The third-order valence-corrected chi connectivity index (χ3v) is 4.49. The van der Waals surface area contributed by atoms with Crippen molar-refractivity contribution in [3.8, 4) is 0 Å². The van der Waals surface area contributed by atoms with Crippen LogP contribution >= 0.6 is 23.2 Å². The van der Waals surface area contributed by atoms with E-state index in [9.17, 15) is 9.59 Å². The van der Waals surface area contributed by atoms with Crippen molar-refractivity contribution in [1.29, 1.82) is 0 Å². The second-order valence-electron chi connectivity index (χ2n) is 5.41. The van der Waals surface area contributed by atoms with E-state index in [0.717, 1.165) is 16.2 Å². The highest BCUT2D eigenvalue weighted by Crippen LogP contribution is 2.35. The van der Waals surface area contributed by atoms with Crippen LogP contribution in [-0.2, 0) is 9.59 Å².